The number of benzene rings is 1. The van der Waals surface area contributed by atoms with E-state index >= 15 is 0 Å². The molecule has 0 radical (unpaired) electrons. The number of hydrogen-bond donors (Lipinski definition) is 1. The van der Waals surface area contributed by atoms with Gasteiger partial charge >= 0.3 is 0 Å². The van der Waals surface area contributed by atoms with E-state index in [4.69, 9.17) is 11.6 Å². The summed E-state index contributed by atoms with van der Waals surface area (Å²) in [6.07, 6.45) is 0.632. The van der Waals surface area contributed by atoms with Crippen LogP contribution in [0, 0.1) is 12.8 Å². The minimum Gasteiger partial charge on any atom is -0.342 e. The zero-order chi connectivity index (χ0) is 15.7. The molecule has 2 amide bonds. The molecule has 21 heavy (non-hydrogen) atoms. The maximum absolute atomic E-state index is 12.7. The summed E-state index contributed by atoms with van der Waals surface area (Å²) in [7, 11) is 0. The van der Waals surface area contributed by atoms with Crippen molar-refractivity contribution in [3.63, 3.8) is 0 Å². The monoisotopic (exact) mass is 308 g/mol. The van der Waals surface area contributed by atoms with Crippen molar-refractivity contribution in [2.45, 2.75) is 46.2 Å². The van der Waals surface area contributed by atoms with Crippen molar-refractivity contribution in [1.82, 2.24) is 5.32 Å². The van der Waals surface area contributed by atoms with Crippen molar-refractivity contribution in [3.8, 4) is 0 Å². The number of rotatable bonds is 3. The average Bonchev–Trinajstić information content (AvgIpc) is 2.40. The van der Waals surface area contributed by atoms with Crippen LogP contribution in [-0.4, -0.2) is 23.9 Å². The molecular weight excluding hydrogens is 288 g/mol. The first-order chi connectivity index (χ1) is 9.82. The van der Waals surface area contributed by atoms with Gasteiger partial charge in [-0.15, -0.1) is 0 Å². The molecule has 0 spiro atoms. The van der Waals surface area contributed by atoms with Crippen LogP contribution in [0.1, 0.15) is 32.8 Å². The molecule has 0 aromatic heterocycles. The van der Waals surface area contributed by atoms with Gasteiger partial charge in [-0.05, 0) is 43.9 Å². The summed E-state index contributed by atoms with van der Waals surface area (Å²) in [5.74, 6) is 0.135. The first kappa shape index (κ1) is 15.8. The van der Waals surface area contributed by atoms with E-state index in [1.165, 1.54) is 0 Å². The second kappa shape index (κ2) is 6.06. The Kier molecular flexibility index (Phi) is 4.57. The zero-order valence-electron chi connectivity index (χ0n) is 12.8. The Morgan fingerprint density at radius 1 is 1.33 bits per heavy atom. The normalized spacial score (nSPS) is 22.7. The molecule has 1 aromatic rings. The van der Waals surface area contributed by atoms with Crippen LogP contribution in [0.2, 0.25) is 5.02 Å². The third-order valence-electron chi connectivity index (χ3n) is 3.82. The molecule has 2 rings (SSSR count). The number of halogens is 1. The van der Waals surface area contributed by atoms with Crippen LogP contribution in [-0.2, 0) is 9.59 Å². The molecule has 4 nitrogen and oxygen atoms in total. The van der Waals surface area contributed by atoms with Gasteiger partial charge < -0.3 is 5.32 Å². The molecule has 114 valence electrons. The molecule has 5 heteroatoms. The van der Waals surface area contributed by atoms with Crippen molar-refractivity contribution in [1.29, 1.82) is 0 Å². The Morgan fingerprint density at radius 3 is 2.62 bits per heavy atom. The van der Waals surface area contributed by atoms with Crippen LogP contribution >= 0.6 is 11.6 Å². The molecular formula is C16H21ClN2O2. The fraction of sp³-hybridized carbons (Fsp3) is 0.500. The summed E-state index contributed by atoms with van der Waals surface area (Å²) in [6, 6.07) is 4.42. The highest BCUT2D eigenvalue weighted by atomic mass is 35.5. The van der Waals surface area contributed by atoms with E-state index in [1.54, 1.807) is 24.0 Å². The Bertz CT molecular complexity index is 571. The number of carbonyl (C=O) groups excluding carboxylic acids is 2. The molecule has 1 saturated heterocycles. The first-order valence-electron chi connectivity index (χ1n) is 7.21. The smallest absolute Gasteiger partial charge is 0.250 e. The quantitative estimate of drug-likeness (QED) is 0.933. The molecule has 2 unspecified atom stereocenters. The summed E-state index contributed by atoms with van der Waals surface area (Å²) in [5, 5.41) is 3.41. The zero-order valence-corrected chi connectivity index (χ0v) is 13.6. The van der Waals surface area contributed by atoms with Gasteiger partial charge in [0.25, 0.3) is 0 Å². The van der Waals surface area contributed by atoms with Crippen LogP contribution in [0.5, 0.6) is 0 Å². The second-order valence-corrected chi connectivity index (χ2v) is 6.37. The van der Waals surface area contributed by atoms with Crippen LogP contribution in [0.4, 0.5) is 5.69 Å². The largest absolute Gasteiger partial charge is 0.342 e. The highest BCUT2D eigenvalue weighted by Gasteiger charge is 2.39. The lowest BCUT2D eigenvalue weighted by Crippen LogP contribution is -2.63. The topological polar surface area (TPSA) is 49.4 Å². The van der Waals surface area contributed by atoms with Crippen molar-refractivity contribution in [3.05, 3.63) is 28.8 Å². The van der Waals surface area contributed by atoms with E-state index in [-0.39, 0.29) is 11.8 Å². The lowest BCUT2D eigenvalue weighted by molar-refractivity contribution is -0.133. The minimum atomic E-state index is -0.530. The summed E-state index contributed by atoms with van der Waals surface area (Å²) in [5.41, 5.74) is 1.53. The molecule has 0 aliphatic carbocycles. The molecule has 1 aliphatic rings. The Labute approximate surface area is 130 Å². The summed E-state index contributed by atoms with van der Waals surface area (Å²) in [4.78, 5) is 26.5. The standard InChI is InChI=1S/C16H21ClN2O2/c1-9(2)8-13-16(21)19(11(4)15(20)18-13)14-7-5-6-12(17)10(14)3/h5-7,9,11,13H,8H2,1-4H3,(H,18,20). The summed E-state index contributed by atoms with van der Waals surface area (Å²) in [6.45, 7) is 7.67. The van der Waals surface area contributed by atoms with Gasteiger partial charge in [0.05, 0.1) is 0 Å². The van der Waals surface area contributed by atoms with Crippen molar-refractivity contribution in [2.75, 3.05) is 4.90 Å². The van der Waals surface area contributed by atoms with E-state index in [0.29, 0.717) is 23.0 Å². The van der Waals surface area contributed by atoms with E-state index in [0.717, 1.165) is 5.56 Å². The molecule has 1 fully saturated rings. The van der Waals surface area contributed by atoms with Gasteiger partial charge in [-0.25, -0.2) is 0 Å². The summed E-state index contributed by atoms with van der Waals surface area (Å²) >= 11 is 6.15. The molecule has 0 bridgehead atoms. The molecule has 1 heterocycles. The minimum absolute atomic E-state index is 0.0684. The van der Waals surface area contributed by atoms with Crippen molar-refractivity contribution < 1.29 is 9.59 Å². The fourth-order valence-corrected chi connectivity index (χ4v) is 2.82. The van der Waals surface area contributed by atoms with Gasteiger partial charge in [0.15, 0.2) is 0 Å². The molecule has 2 atom stereocenters. The van der Waals surface area contributed by atoms with E-state index < -0.39 is 12.1 Å². The summed E-state index contributed by atoms with van der Waals surface area (Å²) < 4.78 is 0. The van der Waals surface area contributed by atoms with Crippen LogP contribution in [0.25, 0.3) is 0 Å². The highest BCUT2D eigenvalue weighted by molar-refractivity contribution is 6.31. The third-order valence-corrected chi connectivity index (χ3v) is 4.23. The molecule has 1 aliphatic heterocycles. The Balaban J connectivity index is 2.41. The van der Waals surface area contributed by atoms with E-state index in [2.05, 4.69) is 5.32 Å². The number of amides is 2. The number of nitrogens with one attached hydrogen (secondary N) is 1. The van der Waals surface area contributed by atoms with Crippen LogP contribution in [0.3, 0.4) is 0 Å². The number of nitrogens with zero attached hydrogens (tertiary/aromatic N) is 1. The Hall–Kier alpha value is -1.55. The number of hydrogen-bond acceptors (Lipinski definition) is 2. The lowest BCUT2D eigenvalue weighted by atomic mass is 9.98. The van der Waals surface area contributed by atoms with E-state index in [9.17, 15) is 9.59 Å². The van der Waals surface area contributed by atoms with Gasteiger partial charge in [-0.2, -0.15) is 0 Å². The Morgan fingerprint density at radius 2 is 2.00 bits per heavy atom. The van der Waals surface area contributed by atoms with Gasteiger partial charge in [0.1, 0.15) is 12.1 Å². The van der Waals surface area contributed by atoms with Gasteiger partial charge in [-0.1, -0.05) is 31.5 Å². The van der Waals surface area contributed by atoms with Gasteiger partial charge in [0, 0.05) is 10.7 Å². The van der Waals surface area contributed by atoms with Crippen LogP contribution < -0.4 is 10.2 Å². The van der Waals surface area contributed by atoms with Crippen LogP contribution in [0.15, 0.2) is 18.2 Å². The number of carbonyl (C=O) groups is 2. The number of piperazine rings is 1. The predicted molar refractivity (Wildman–Crippen MR) is 84.5 cm³/mol. The average molecular weight is 309 g/mol. The van der Waals surface area contributed by atoms with Gasteiger partial charge in [-0.3, -0.25) is 14.5 Å². The fourth-order valence-electron chi connectivity index (χ4n) is 2.65. The predicted octanol–water partition coefficient (Wildman–Crippen LogP) is 2.91. The maximum Gasteiger partial charge on any atom is 0.250 e. The van der Waals surface area contributed by atoms with E-state index in [1.807, 2.05) is 26.8 Å². The van der Waals surface area contributed by atoms with Gasteiger partial charge in [0.2, 0.25) is 11.8 Å². The first-order valence-corrected chi connectivity index (χ1v) is 7.59. The highest BCUT2D eigenvalue weighted by Crippen LogP contribution is 2.30. The maximum atomic E-state index is 12.7. The molecule has 1 N–H and O–H groups in total. The SMILES string of the molecule is Cc1c(Cl)cccc1N1C(=O)C(CC(C)C)NC(=O)C1C. The molecule has 0 saturated carbocycles. The molecule has 1 aromatic carbocycles. The third kappa shape index (κ3) is 3.05. The second-order valence-electron chi connectivity index (χ2n) is 5.96. The van der Waals surface area contributed by atoms with Crippen molar-refractivity contribution in [2.24, 2.45) is 5.92 Å². The van der Waals surface area contributed by atoms with Crippen molar-refractivity contribution >= 4 is 29.1 Å². The lowest BCUT2D eigenvalue weighted by Gasteiger charge is -2.38. The number of anilines is 1.